The second-order valence-corrected chi connectivity index (χ2v) is 6.85. The summed E-state index contributed by atoms with van der Waals surface area (Å²) in [5.41, 5.74) is 3.85. The third-order valence-electron chi connectivity index (χ3n) is 5.11. The zero-order valence-corrected chi connectivity index (χ0v) is 13.7. The van der Waals surface area contributed by atoms with Crippen molar-refractivity contribution in [1.29, 1.82) is 0 Å². The van der Waals surface area contributed by atoms with Gasteiger partial charge in [0.2, 0.25) is 0 Å². The van der Waals surface area contributed by atoms with Crippen molar-refractivity contribution < 1.29 is 4.39 Å². The van der Waals surface area contributed by atoms with E-state index in [1.54, 1.807) is 12.1 Å². The fraction of sp³-hybridized carbons (Fsp3) is 0.368. The minimum Gasteiger partial charge on any atom is -0.314 e. The van der Waals surface area contributed by atoms with Gasteiger partial charge in [-0.3, -0.25) is 4.90 Å². The molecule has 2 aromatic rings. The lowest BCUT2D eigenvalue weighted by Crippen LogP contribution is -2.44. The SMILES string of the molecule is Fc1ccc([C@H]2C[C@H](N3CCNCC3)c3ccc(Cl)cc32)cc1. The number of rotatable bonds is 2. The van der Waals surface area contributed by atoms with Gasteiger partial charge in [0, 0.05) is 43.2 Å². The number of piperazine rings is 1. The molecule has 120 valence electrons. The maximum absolute atomic E-state index is 13.3. The summed E-state index contributed by atoms with van der Waals surface area (Å²) in [7, 11) is 0. The van der Waals surface area contributed by atoms with Gasteiger partial charge in [-0.25, -0.2) is 4.39 Å². The van der Waals surface area contributed by atoms with Gasteiger partial charge >= 0.3 is 0 Å². The molecule has 0 radical (unpaired) electrons. The summed E-state index contributed by atoms with van der Waals surface area (Å²) >= 11 is 6.25. The van der Waals surface area contributed by atoms with Crippen LogP contribution in [0.15, 0.2) is 42.5 Å². The average Bonchev–Trinajstić information content (AvgIpc) is 2.95. The molecule has 0 spiro atoms. The van der Waals surface area contributed by atoms with Crippen LogP contribution < -0.4 is 5.32 Å². The van der Waals surface area contributed by atoms with Crippen LogP contribution in [0.5, 0.6) is 0 Å². The predicted molar refractivity (Wildman–Crippen MR) is 91.5 cm³/mol. The molecule has 1 heterocycles. The number of benzene rings is 2. The van der Waals surface area contributed by atoms with Crippen molar-refractivity contribution in [2.24, 2.45) is 0 Å². The van der Waals surface area contributed by atoms with Crippen LogP contribution >= 0.6 is 11.6 Å². The van der Waals surface area contributed by atoms with Crippen LogP contribution in [-0.4, -0.2) is 31.1 Å². The Morgan fingerprint density at radius 3 is 2.48 bits per heavy atom. The number of hydrogen-bond donors (Lipinski definition) is 1. The molecule has 2 aliphatic rings. The molecule has 0 aromatic heterocycles. The fourth-order valence-corrected chi connectivity index (χ4v) is 4.16. The van der Waals surface area contributed by atoms with Gasteiger partial charge in [-0.05, 0) is 47.4 Å². The maximum atomic E-state index is 13.3. The van der Waals surface area contributed by atoms with E-state index in [1.165, 1.54) is 16.7 Å². The van der Waals surface area contributed by atoms with Crippen LogP contribution in [-0.2, 0) is 0 Å². The van der Waals surface area contributed by atoms with Crippen LogP contribution in [0.3, 0.4) is 0 Å². The summed E-state index contributed by atoms with van der Waals surface area (Å²) in [6.07, 6.45) is 1.04. The summed E-state index contributed by atoms with van der Waals surface area (Å²) in [4.78, 5) is 2.56. The van der Waals surface area contributed by atoms with Crippen molar-refractivity contribution in [3.05, 3.63) is 70.0 Å². The van der Waals surface area contributed by atoms with E-state index in [2.05, 4.69) is 22.3 Å². The molecule has 1 aliphatic carbocycles. The molecule has 0 unspecified atom stereocenters. The maximum Gasteiger partial charge on any atom is 0.123 e. The summed E-state index contributed by atoms with van der Waals surface area (Å²) in [5.74, 6) is 0.112. The Morgan fingerprint density at radius 1 is 1.00 bits per heavy atom. The molecular formula is C19H20ClFN2. The third-order valence-corrected chi connectivity index (χ3v) is 5.34. The first-order valence-electron chi connectivity index (χ1n) is 8.22. The zero-order valence-electron chi connectivity index (χ0n) is 12.9. The van der Waals surface area contributed by atoms with Gasteiger partial charge in [0.15, 0.2) is 0 Å². The Balaban J connectivity index is 1.72. The van der Waals surface area contributed by atoms with Gasteiger partial charge in [-0.1, -0.05) is 29.8 Å². The first-order valence-corrected chi connectivity index (χ1v) is 8.60. The molecule has 4 rings (SSSR count). The number of fused-ring (bicyclic) bond motifs is 1. The number of nitrogens with zero attached hydrogens (tertiary/aromatic N) is 1. The van der Waals surface area contributed by atoms with E-state index in [0.717, 1.165) is 37.6 Å². The van der Waals surface area contributed by atoms with E-state index in [0.29, 0.717) is 12.0 Å². The molecule has 0 amide bonds. The monoisotopic (exact) mass is 330 g/mol. The molecular weight excluding hydrogens is 311 g/mol. The van der Waals surface area contributed by atoms with Crippen LogP contribution in [0.4, 0.5) is 4.39 Å². The molecule has 1 fully saturated rings. The largest absolute Gasteiger partial charge is 0.314 e. The van der Waals surface area contributed by atoms with Gasteiger partial charge in [0.25, 0.3) is 0 Å². The first-order chi connectivity index (χ1) is 11.2. The Labute approximate surface area is 141 Å². The van der Waals surface area contributed by atoms with E-state index in [4.69, 9.17) is 11.6 Å². The first kappa shape index (κ1) is 15.1. The minimum atomic E-state index is -0.184. The normalized spacial score (nSPS) is 24.6. The van der Waals surface area contributed by atoms with Gasteiger partial charge < -0.3 is 5.32 Å². The van der Waals surface area contributed by atoms with E-state index in [-0.39, 0.29) is 5.82 Å². The van der Waals surface area contributed by atoms with Crippen LogP contribution in [0.2, 0.25) is 5.02 Å². The van der Waals surface area contributed by atoms with Crippen molar-refractivity contribution in [2.45, 2.75) is 18.4 Å². The lowest BCUT2D eigenvalue weighted by Gasteiger charge is -2.33. The van der Waals surface area contributed by atoms with Crippen molar-refractivity contribution in [2.75, 3.05) is 26.2 Å². The molecule has 4 heteroatoms. The number of nitrogens with one attached hydrogen (secondary N) is 1. The zero-order chi connectivity index (χ0) is 15.8. The van der Waals surface area contributed by atoms with E-state index in [1.807, 2.05) is 18.2 Å². The second-order valence-electron chi connectivity index (χ2n) is 6.41. The van der Waals surface area contributed by atoms with Crippen LogP contribution in [0.25, 0.3) is 0 Å². The Kier molecular flexibility index (Phi) is 4.10. The molecule has 23 heavy (non-hydrogen) atoms. The van der Waals surface area contributed by atoms with Gasteiger partial charge in [0.05, 0.1) is 0 Å². The Bertz CT molecular complexity index is 695. The second kappa shape index (κ2) is 6.23. The van der Waals surface area contributed by atoms with Crippen molar-refractivity contribution in [3.8, 4) is 0 Å². The summed E-state index contributed by atoms with van der Waals surface area (Å²) < 4.78 is 13.3. The standard InChI is InChI=1S/C19H20ClFN2/c20-14-3-6-16-18(11-14)17(13-1-4-15(21)5-2-13)12-19(16)23-9-7-22-8-10-23/h1-6,11,17,19,22H,7-10,12H2/t17-,19+/m1/s1. The fourth-order valence-electron chi connectivity index (χ4n) is 3.98. The van der Waals surface area contributed by atoms with E-state index >= 15 is 0 Å². The Morgan fingerprint density at radius 2 is 1.74 bits per heavy atom. The number of halogens is 2. The highest BCUT2D eigenvalue weighted by molar-refractivity contribution is 6.30. The summed E-state index contributed by atoms with van der Waals surface area (Å²) in [6, 6.07) is 13.6. The molecule has 2 nitrogen and oxygen atoms in total. The van der Waals surface area contributed by atoms with Gasteiger partial charge in [-0.15, -0.1) is 0 Å². The lowest BCUT2D eigenvalue weighted by atomic mass is 9.93. The molecule has 1 N–H and O–H groups in total. The molecule has 2 atom stereocenters. The topological polar surface area (TPSA) is 15.3 Å². The minimum absolute atomic E-state index is 0.184. The molecule has 1 aliphatic heterocycles. The molecule has 0 saturated carbocycles. The van der Waals surface area contributed by atoms with Crippen LogP contribution in [0.1, 0.15) is 35.1 Å². The highest BCUT2D eigenvalue weighted by atomic mass is 35.5. The summed E-state index contributed by atoms with van der Waals surface area (Å²) in [5, 5.41) is 4.19. The van der Waals surface area contributed by atoms with Gasteiger partial charge in [0.1, 0.15) is 5.82 Å². The molecule has 2 aromatic carbocycles. The van der Waals surface area contributed by atoms with Crippen LogP contribution in [0, 0.1) is 5.82 Å². The smallest absolute Gasteiger partial charge is 0.123 e. The predicted octanol–water partition coefficient (Wildman–Crippen LogP) is 3.96. The van der Waals surface area contributed by atoms with Gasteiger partial charge in [-0.2, -0.15) is 0 Å². The van der Waals surface area contributed by atoms with E-state index < -0.39 is 0 Å². The third kappa shape index (κ3) is 2.89. The highest BCUT2D eigenvalue weighted by Crippen LogP contribution is 2.47. The quantitative estimate of drug-likeness (QED) is 0.896. The van der Waals surface area contributed by atoms with E-state index in [9.17, 15) is 4.39 Å². The highest BCUT2D eigenvalue weighted by Gasteiger charge is 2.35. The summed E-state index contributed by atoms with van der Waals surface area (Å²) in [6.45, 7) is 4.23. The van der Waals surface area contributed by atoms with Crippen molar-refractivity contribution >= 4 is 11.6 Å². The lowest BCUT2D eigenvalue weighted by molar-refractivity contribution is 0.171. The molecule has 0 bridgehead atoms. The van der Waals surface area contributed by atoms with Crippen molar-refractivity contribution in [3.63, 3.8) is 0 Å². The van der Waals surface area contributed by atoms with Crippen molar-refractivity contribution in [1.82, 2.24) is 10.2 Å². The average molecular weight is 331 g/mol. The Hall–Kier alpha value is -1.42. The number of hydrogen-bond acceptors (Lipinski definition) is 2. The molecule has 1 saturated heterocycles.